The maximum Gasteiger partial charge on any atom is 0.242 e. The van der Waals surface area contributed by atoms with Crippen LogP contribution in [-0.4, -0.2) is 45.2 Å². The van der Waals surface area contributed by atoms with Gasteiger partial charge in [0.25, 0.3) is 0 Å². The molecule has 1 unspecified atom stereocenters. The van der Waals surface area contributed by atoms with E-state index in [9.17, 15) is 18.0 Å². The molecule has 7 nitrogen and oxygen atoms in total. The van der Waals surface area contributed by atoms with Crippen LogP contribution in [0.1, 0.15) is 63.5 Å². The second-order valence-electron chi connectivity index (χ2n) is 10.5. The van der Waals surface area contributed by atoms with Gasteiger partial charge in [-0.15, -0.1) is 0 Å². The van der Waals surface area contributed by atoms with Crippen LogP contribution in [0.2, 0.25) is 0 Å². The van der Waals surface area contributed by atoms with E-state index in [2.05, 4.69) is 10.6 Å². The molecule has 1 aromatic carbocycles. The van der Waals surface area contributed by atoms with Crippen molar-refractivity contribution in [3.63, 3.8) is 0 Å². The van der Waals surface area contributed by atoms with Crippen molar-refractivity contribution >= 4 is 21.8 Å². The predicted octanol–water partition coefficient (Wildman–Crippen LogP) is 2.84. The van der Waals surface area contributed by atoms with Crippen molar-refractivity contribution in [3.05, 3.63) is 29.8 Å². The van der Waals surface area contributed by atoms with Gasteiger partial charge in [-0.2, -0.15) is 0 Å². The first kappa shape index (κ1) is 23.2. The van der Waals surface area contributed by atoms with Crippen molar-refractivity contribution in [2.75, 3.05) is 20.6 Å². The first-order valence-corrected chi connectivity index (χ1v) is 13.1. The molecule has 4 aliphatic carbocycles. The van der Waals surface area contributed by atoms with Gasteiger partial charge in [-0.1, -0.05) is 12.1 Å². The molecule has 4 saturated carbocycles. The van der Waals surface area contributed by atoms with Gasteiger partial charge in [0, 0.05) is 20.5 Å². The lowest BCUT2D eigenvalue weighted by atomic mass is 9.49. The van der Waals surface area contributed by atoms with E-state index in [1.165, 1.54) is 56.9 Å². The van der Waals surface area contributed by atoms with E-state index in [1.807, 2.05) is 6.92 Å². The van der Waals surface area contributed by atoms with Gasteiger partial charge in [-0.3, -0.25) is 9.59 Å². The van der Waals surface area contributed by atoms with Gasteiger partial charge in [-0.05, 0) is 86.3 Å². The number of nitrogens with one attached hydrogen (secondary N) is 2. The minimum absolute atomic E-state index is 0.0204. The van der Waals surface area contributed by atoms with E-state index in [4.69, 9.17) is 0 Å². The Morgan fingerprint density at radius 1 is 1.00 bits per heavy atom. The number of amides is 2. The second-order valence-corrected chi connectivity index (χ2v) is 12.7. The quantitative estimate of drug-likeness (QED) is 0.622. The molecule has 4 bridgehead atoms. The summed E-state index contributed by atoms with van der Waals surface area (Å²) in [5.74, 6) is 2.14. The summed E-state index contributed by atoms with van der Waals surface area (Å²) in [7, 11) is -0.503. The van der Waals surface area contributed by atoms with E-state index < -0.39 is 10.0 Å². The molecule has 0 heterocycles. The summed E-state index contributed by atoms with van der Waals surface area (Å²) in [4.78, 5) is 25.2. The fourth-order valence-corrected chi connectivity index (χ4v) is 7.51. The number of carbonyl (C=O) groups is 2. The van der Waals surface area contributed by atoms with Crippen LogP contribution in [0.3, 0.4) is 0 Å². The molecular formula is C24H35N3O4S. The number of hydrogen-bond acceptors (Lipinski definition) is 4. The summed E-state index contributed by atoms with van der Waals surface area (Å²) >= 11 is 0. The zero-order chi connectivity index (χ0) is 23.1. The Morgan fingerprint density at radius 3 is 2.03 bits per heavy atom. The predicted molar refractivity (Wildman–Crippen MR) is 122 cm³/mol. The summed E-state index contributed by atoms with van der Waals surface area (Å²) in [6.07, 6.45) is 8.12. The van der Waals surface area contributed by atoms with E-state index in [-0.39, 0.29) is 34.7 Å². The highest BCUT2D eigenvalue weighted by Crippen LogP contribution is 2.61. The van der Waals surface area contributed by atoms with Crippen LogP contribution in [0.25, 0.3) is 0 Å². The number of rotatable bonds is 8. The van der Waals surface area contributed by atoms with E-state index >= 15 is 0 Å². The van der Waals surface area contributed by atoms with Crippen molar-refractivity contribution < 1.29 is 18.0 Å². The molecule has 8 heteroatoms. The Labute approximate surface area is 191 Å². The van der Waals surface area contributed by atoms with Crippen molar-refractivity contribution in [1.29, 1.82) is 0 Å². The molecule has 2 N–H and O–H groups in total. The van der Waals surface area contributed by atoms with Gasteiger partial charge in [0.1, 0.15) is 0 Å². The maximum atomic E-state index is 12.6. The Bertz CT molecular complexity index is 936. The van der Waals surface area contributed by atoms with Crippen LogP contribution in [0.5, 0.6) is 0 Å². The molecule has 0 spiro atoms. The number of nitrogens with zero attached hydrogens (tertiary/aromatic N) is 1. The Hall–Kier alpha value is -1.93. The SMILES string of the molecule is CC(NC(=O)CNC(=O)CC12CC3CC(CC(C3)C1)C2)c1ccc(S(=O)(=O)N(C)C)cc1. The van der Waals surface area contributed by atoms with Crippen LogP contribution in [0.4, 0.5) is 0 Å². The smallest absolute Gasteiger partial charge is 0.242 e. The van der Waals surface area contributed by atoms with Gasteiger partial charge in [0.2, 0.25) is 21.8 Å². The molecule has 32 heavy (non-hydrogen) atoms. The van der Waals surface area contributed by atoms with Crippen LogP contribution in [0.15, 0.2) is 29.2 Å². The Kier molecular flexibility index (Phi) is 6.38. The molecule has 1 aromatic rings. The van der Waals surface area contributed by atoms with Gasteiger partial charge >= 0.3 is 0 Å². The molecule has 176 valence electrons. The van der Waals surface area contributed by atoms with Gasteiger partial charge in [0.15, 0.2) is 0 Å². The molecule has 0 radical (unpaired) electrons. The number of benzene rings is 1. The first-order chi connectivity index (χ1) is 15.1. The van der Waals surface area contributed by atoms with Crippen molar-refractivity contribution in [1.82, 2.24) is 14.9 Å². The standard InChI is InChI=1S/C24H35N3O4S/c1-16(20-4-6-21(7-5-20)32(30,31)27(2)3)26-23(29)15-25-22(28)14-24-11-17-8-18(12-24)10-19(9-17)13-24/h4-7,16-19H,8-15H2,1-3H3,(H,25,28)(H,26,29). The molecular weight excluding hydrogens is 426 g/mol. The number of carbonyl (C=O) groups excluding carboxylic acids is 2. The van der Waals surface area contributed by atoms with E-state index in [0.29, 0.717) is 6.42 Å². The zero-order valence-corrected chi connectivity index (χ0v) is 20.1. The van der Waals surface area contributed by atoms with Gasteiger partial charge in [0.05, 0.1) is 17.5 Å². The molecule has 0 aliphatic heterocycles. The molecule has 2 amide bonds. The highest BCUT2D eigenvalue weighted by molar-refractivity contribution is 7.89. The highest BCUT2D eigenvalue weighted by atomic mass is 32.2. The first-order valence-electron chi connectivity index (χ1n) is 11.6. The van der Waals surface area contributed by atoms with E-state index in [1.54, 1.807) is 24.3 Å². The van der Waals surface area contributed by atoms with E-state index in [0.717, 1.165) is 23.3 Å². The summed E-state index contributed by atoms with van der Waals surface area (Å²) in [6.45, 7) is 1.80. The lowest BCUT2D eigenvalue weighted by molar-refractivity contribution is -0.132. The van der Waals surface area contributed by atoms with Crippen molar-refractivity contribution in [2.45, 2.75) is 62.8 Å². The average Bonchev–Trinajstić information content (AvgIpc) is 2.71. The summed E-state index contributed by atoms with van der Waals surface area (Å²) in [6, 6.07) is 6.19. The average molecular weight is 462 g/mol. The lowest BCUT2D eigenvalue weighted by Crippen LogP contribution is -2.48. The monoisotopic (exact) mass is 461 g/mol. The lowest BCUT2D eigenvalue weighted by Gasteiger charge is -2.56. The molecule has 4 fully saturated rings. The van der Waals surface area contributed by atoms with Gasteiger partial charge < -0.3 is 10.6 Å². The van der Waals surface area contributed by atoms with Crippen molar-refractivity contribution in [2.24, 2.45) is 23.2 Å². The fraction of sp³-hybridized carbons (Fsp3) is 0.667. The third-order valence-electron chi connectivity index (χ3n) is 7.68. The topological polar surface area (TPSA) is 95.6 Å². The third kappa shape index (κ3) is 4.86. The van der Waals surface area contributed by atoms with Crippen LogP contribution >= 0.6 is 0 Å². The highest BCUT2D eigenvalue weighted by Gasteiger charge is 2.51. The van der Waals surface area contributed by atoms with Crippen LogP contribution in [-0.2, 0) is 19.6 Å². The van der Waals surface area contributed by atoms with Crippen molar-refractivity contribution in [3.8, 4) is 0 Å². The number of hydrogen-bond donors (Lipinski definition) is 2. The molecule has 0 saturated heterocycles. The summed E-state index contributed by atoms with van der Waals surface area (Å²) in [5.41, 5.74) is 0.966. The molecule has 4 aliphatic rings. The largest absolute Gasteiger partial charge is 0.348 e. The minimum Gasteiger partial charge on any atom is -0.348 e. The van der Waals surface area contributed by atoms with Gasteiger partial charge in [-0.25, -0.2) is 12.7 Å². The Morgan fingerprint density at radius 2 is 1.53 bits per heavy atom. The number of sulfonamides is 1. The summed E-state index contributed by atoms with van der Waals surface area (Å²) < 4.78 is 25.5. The third-order valence-corrected chi connectivity index (χ3v) is 9.51. The normalized spacial score (nSPS) is 29.7. The molecule has 0 aromatic heterocycles. The second kappa shape index (κ2) is 8.78. The maximum absolute atomic E-state index is 12.6. The van der Waals surface area contributed by atoms with Crippen LogP contribution < -0.4 is 10.6 Å². The summed E-state index contributed by atoms with van der Waals surface area (Å²) in [5, 5.41) is 5.70. The fourth-order valence-electron chi connectivity index (χ4n) is 6.60. The molecule has 5 rings (SSSR count). The van der Waals surface area contributed by atoms with Crippen LogP contribution in [0, 0.1) is 23.2 Å². The zero-order valence-electron chi connectivity index (χ0n) is 19.3. The minimum atomic E-state index is -3.48. The molecule has 1 atom stereocenters. The Balaban J connectivity index is 1.25.